The zero-order chi connectivity index (χ0) is 10.4. The van der Waals surface area contributed by atoms with E-state index in [1.807, 2.05) is 19.9 Å². The molecule has 3 nitrogen and oxygen atoms in total. The van der Waals surface area contributed by atoms with Crippen LogP contribution in [0.25, 0.3) is 0 Å². The summed E-state index contributed by atoms with van der Waals surface area (Å²) < 4.78 is 0. The second-order valence-electron chi connectivity index (χ2n) is 3.14. The van der Waals surface area contributed by atoms with Gasteiger partial charge in [0.25, 0.3) is 0 Å². The minimum Gasteiger partial charge on any atom is -0.316 e. The third-order valence-electron chi connectivity index (χ3n) is 1.72. The summed E-state index contributed by atoms with van der Waals surface area (Å²) in [6.07, 6.45) is 0. The molecule has 1 heterocycles. The molecule has 78 valence electrons. The number of nitrogens with one attached hydrogen (secondary N) is 1. The second kappa shape index (κ2) is 5.98. The Balaban J connectivity index is 2.42. The van der Waals surface area contributed by atoms with Crippen molar-refractivity contribution in [1.29, 1.82) is 0 Å². The van der Waals surface area contributed by atoms with Gasteiger partial charge in [0.2, 0.25) is 0 Å². The van der Waals surface area contributed by atoms with Gasteiger partial charge in [-0.2, -0.15) is 0 Å². The van der Waals surface area contributed by atoms with Crippen LogP contribution in [0.2, 0.25) is 0 Å². The van der Waals surface area contributed by atoms with Gasteiger partial charge in [-0.1, -0.05) is 18.7 Å². The maximum absolute atomic E-state index is 4.36. The number of thioether (sulfide) groups is 1. The first kappa shape index (κ1) is 11.5. The minimum atomic E-state index is 0.889. The quantitative estimate of drug-likeness (QED) is 0.458. The van der Waals surface area contributed by atoms with Crippen molar-refractivity contribution < 1.29 is 0 Å². The van der Waals surface area contributed by atoms with Gasteiger partial charge in [-0.3, -0.25) is 0 Å². The Kier molecular flexibility index (Phi) is 4.90. The van der Waals surface area contributed by atoms with Gasteiger partial charge in [0.1, 0.15) is 0 Å². The van der Waals surface area contributed by atoms with Crippen molar-refractivity contribution in [3.05, 3.63) is 17.5 Å². The monoisotopic (exact) mass is 211 g/mol. The largest absolute Gasteiger partial charge is 0.316 e. The molecule has 0 spiro atoms. The third kappa shape index (κ3) is 4.07. The van der Waals surface area contributed by atoms with Crippen molar-refractivity contribution in [3.63, 3.8) is 0 Å². The molecule has 0 amide bonds. The van der Waals surface area contributed by atoms with Gasteiger partial charge in [-0.15, -0.1) is 0 Å². The molecule has 0 unspecified atom stereocenters. The summed E-state index contributed by atoms with van der Waals surface area (Å²) in [7, 11) is 0. The van der Waals surface area contributed by atoms with E-state index in [4.69, 9.17) is 0 Å². The van der Waals surface area contributed by atoms with E-state index in [1.54, 1.807) is 11.8 Å². The Morgan fingerprint density at radius 2 is 1.93 bits per heavy atom. The van der Waals surface area contributed by atoms with Crippen LogP contribution in [-0.4, -0.2) is 28.8 Å². The van der Waals surface area contributed by atoms with Crippen LogP contribution in [0.5, 0.6) is 0 Å². The van der Waals surface area contributed by atoms with Gasteiger partial charge in [-0.25, -0.2) is 9.97 Å². The average molecular weight is 211 g/mol. The number of aromatic nitrogens is 2. The Hall–Kier alpha value is -0.610. The first-order valence-corrected chi connectivity index (χ1v) is 5.86. The zero-order valence-corrected chi connectivity index (χ0v) is 9.82. The highest BCUT2D eigenvalue weighted by Crippen LogP contribution is 2.12. The number of nitrogens with zero attached hydrogens (tertiary/aromatic N) is 2. The summed E-state index contributed by atoms with van der Waals surface area (Å²) in [5.74, 6) is 1.02. The van der Waals surface area contributed by atoms with Crippen LogP contribution in [0.1, 0.15) is 18.3 Å². The van der Waals surface area contributed by atoms with Crippen LogP contribution in [-0.2, 0) is 0 Å². The van der Waals surface area contributed by atoms with E-state index in [1.165, 1.54) is 0 Å². The zero-order valence-electron chi connectivity index (χ0n) is 9.00. The van der Waals surface area contributed by atoms with Gasteiger partial charge in [-0.05, 0) is 26.5 Å². The SMILES string of the molecule is CCNCCSc1nc(C)cc(C)n1. The van der Waals surface area contributed by atoms with Crippen molar-refractivity contribution in [2.45, 2.75) is 25.9 Å². The summed E-state index contributed by atoms with van der Waals surface area (Å²) >= 11 is 1.70. The van der Waals surface area contributed by atoms with E-state index in [9.17, 15) is 0 Å². The number of rotatable bonds is 5. The van der Waals surface area contributed by atoms with Crippen LogP contribution >= 0.6 is 11.8 Å². The molecule has 0 radical (unpaired) electrons. The Labute approximate surface area is 89.7 Å². The molecule has 0 saturated carbocycles. The molecule has 0 saturated heterocycles. The first-order chi connectivity index (χ1) is 6.72. The van der Waals surface area contributed by atoms with Gasteiger partial charge in [0.05, 0.1) is 0 Å². The molecule has 1 N–H and O–H groups in total. The molecule has 14 heavy (non-hydrogen) atoms. The molecule has 1 rings (SSSR count). The molecule has 0 bridgehead atoms. The molecule has 0 aliphatic heterocycles. The molecule has 0 fully saturated rings. The summed E-state index contributed by atoms with van der Waals surface area (Å²) in [5, 5.41) is 4.16. The number of hydrogen-bond donors (Lipinski definition) is 1. The lowest BCUT2D eigenvalue weighted by atomic mass is 10.4. The van der Waals surface area contributed by atoms with Crippen molar-refractivity contribution in [1.82, 2.24) is 15.3 Å². The fourth-order valence-electron chi connectivity index (χ4n) is 1.15. The standard InChI is InChI=1S/C10H17N3S/c1-4-11-5-6-14-10-12-8(2)7-9(3)13-10/h7,11H,4-6H2,1-3H3. The fraction of sp³-hybridized carbons (Fsp3) is 0.600. The fourth-order valence-corrected chi connectivity index (χ4v) is 2.00. The average Bonchev–Trinajstić information content (AvgIpc) is 2.11. The van der Waals surface area contributed by atoms with E-state index < -0.39 is 0 Å². The predicted octanol–water partition coefficient (Wildman–Crippen LogP) is 1.80. The van der Waals surface area contributed by atoms with E-state index in [2.05, 4.69) is 22.2 Å². The highest BCUT2D eigenvalue weighted by molar-refractivity contribution is 7.99. The van der Waals surface area contributed by atoms with Crippen LogP contribution < -0.4 is 5.32 Å². The molecule has 1 aromatic heterocycles. The van der Waals surface area contributed by atoms with Crippen LogP contribution in [0.15, 0.2) is 11.2 Å². The molecule has 0 aromatic carbocycles. The Morgan fingerprint density at radius 3 is 2.50 bits per heavy atom. The van der Waals surface area contributed by atoms with Gasteiger partial charge in [0.15, 0.2) is 5.16 Å². The molecule has 0 aliphatic carbocycles. The summed E-state index contributed by atoms with van der Waals surface area (Å²) in [4.78, 5) is 8.71. The van der Waals surface area contributed by atoms with Crippen molar-refractivity contribution in [3.8, 4) is 0 Å². The maximum Gasteiger partial charge on any atom is 0.188 e. The van der Waals surface area contributed by atoms with Gasteiger partial charge < -0.3 is 5.32 Å². The van der Waals surface area contributed by atoms with Crippen molar-refractivity contribution in [2.24, 2.45) is 0 Å². The molecule has 0 aliphatic rings. The topological polar surface area (TPSA) is 37.8 Å². The van der Waals surface area contributed by atoms with Crippen LogP contribution in [0.4, 0.5) is 0 Å². The van der Waals surface area contributed by atoms with Crippen molar-refractivity contribution in [2.75, 3.05) is 18.8 Å². The normalized spacial score (nSPS) is 10.5. The molecular formula is C10H17N3S. The summed E-state index contributed by atoms with van der Waals surface area (Å²) in [5.41, 5.74) is 2.09. The minimum absolute atomic E-state index is 0.889. The summed E-state index contributed by atoms with van der Waals surface area (Å²) in [6.45, 7) is 8.15. The molecular weight excluding hydrogens is 194 g/mol. The second-order valence-corrected chi connectivity index (χ2v) is 4.20. The van der Waals surface area contributed by atoms with Crippen molar-refractivity contribution >= 4 is 11.8 Å². The molecule has 4 heteroatoms. The van der Waals surface area contributed by atoms with Crippen LogP contribution in [0, 0.1) is 13.8 Å². The lowest BCUT2D eigenvalue weighted by molar-refractivity contribution is 0.766. The van der Waals surface area contributed by atoms with E-state index in [0.29, 0.717) is 0 Å². The Morgan fingerprint density at radius 1 is 1.29 bits per heavy atom. The number of hydrogen-bond acceptors (Lipinski definition) is 4. The highest BCUT2D eigenvalue weighted by Gasteiger charge is 1.99. The number of aryl methyl sites for hydroxylation is 2. The first-order valence-electron chi connectivity index (χ1n) is 4.88. The maximum atomic E-state index is 4.36. The van der Waals surface area contributed by atoms with E-state index >= 15 is 0 Å². The van der Waals surface area contributed by atoms with Gasteiger partial charge in [0, 0.05) is 23.7 Å². The molecule has 1 aromatic rings. The lowest BCUT2D eigenvalue weighted by Gasteiger charge is -2.03. The highest BCUT2D eigenvalue weighted by atomic mass is 32.2. The van der Waals surface area contributed by atoms with Gasteiger partial charge >= 0.3 is 0 Å². The van der Waals surface area contributed by atoms with Crippen LogP contribution in [0.3, 0.4) is 0 Å². The molecule has 0 atom stereocenters. The lowest BCUT2D eigenvalue weighted by Crippen LogP contribution is -2.16. The smallest absolute Gasteiger partial charge is 0.188 e. The van der Waals surface area contributed by atoms with E-state index in [-0.39, 0.29) is 0 Å². The predicted molar refractivity (Wildman–Crippen MR) is 60.8 cm³/mol. The third-order valence-corrected chi connectivity index (χ3v) is 2.57. The van der Waals surface area contributed by atoms with E-state index in [0.717, 1.165) is 35.4 Å². The summed E-state index contributed by atoms with van der Waals surface area (Å²) in [6, 6.07) is 1.99. The Bertz CT molecular complexity index is 268.